The zero-order valence-corrected chi connectivity index (χ0v) is 44.8. The summed E-state index contributed by atoms with van der Waals surface area (Å²) in [6, 6.07) is 44.9. The molecular weight excluding hydrogens is 945 g/mol. The lowest BCUT2D eigenvalue weighted by atomic mass is 9.55. The first kappa shape index (κ1) is 54.5. The average Bonchev–Trinajstić information content (AvgIpc) is 3.62. The van der Waals surface area contributed by atoms with Crippen LogP contribution in [0, 0.1) is 17.8 Å². The molecule has 6 unspecified atom stereocenters. The van der Waals surface area contributed by atoms with Gasteiger partial charge in [0.1, 0.15) is 29.9 Å². The molecule has 6 atom stereocenters. The van der Waals surface area contributed by atoms with Gasteiger partial charge in [0.15, 0.2) is 0 Å². The van der Waals surface area contributed by atoms with Crippen LogP contribution in [-0.2, 0) is 27.5 Å². The van der Waals surface area contributed by atoms with Gasteiger partial charge in [0.25, 0.3) is 0 Å². The minimum Gasteiger partial charge on any atom is -0.459 e. The maximum Gasteiger partial charge on any atom is 0.239 e. The van der Waals surface area contributed by atoms with Gasteiger partial charge in [-0.1, -0.05) is 192 Å². The number of hydrogen-bond donors (Lipinski definition) is 2. The fraction of sp³-hybridized carbons (Fsp3) is 0.433. The first-order chi connectivity index (χ1) is 37.4. The van der Waals surface area contributed by atoms with Crippen LogP contribution in [0.4, 0.5) is 0 Å². The lowest BCUT2D eigenvalue weighted by molar-refractivity contribution is -0.258. The van der Waals surface area contributed by atoms with Crippen LogP contribution >= 0.6 is 0 Å². The second kappa shape index (κ2) is 27.2. The summed E-state index contributed by atoms with van der Waals surface area (Å²) in [6.07, 6.45) is 20.0. The second-order valence-corrected chi connectivity index (χ2v) is 21.4. The maximum atomic E-state index is 15.7. The third kappa shape index (κ3) is 12.9. The van der Waals surface area contributed by atoms with Gasteiger partial charge in [-0.25, -0.2) is 0 Å². The van der Waals surface area contributed by atoms with Crippen LogP contribution in [0.15, 0.2) is 163 Å². The van der Waals surface area contributed by atoms with Crippen molar-refractivity contribution in [1.82, 2.24) is 4.90 Å². The SMILES string of the molecule is C=CCOC12Oc3ccc(Oc4ccc5ccccc5c4)cc3C3C(CCCCO)C(CCCCO)C=C(C(=NOCc4ccccc4)CC1N(Cc1cccc4ccccc14)C(=O)CCCCCCCCCCC)C32. The quantitative estimate of drug-likeness (QED) is 0.0274. The molecule has 2 N–H and O–H groups in total. The Balaban J connectivity index is 1.19. The lowest BCUT2D eigenvalue weighted by Gasteiger charge is -2.60. The fourth-order valence-electron chi connectivity index (χ4n) is 12.6. The number of carbonyl (C=O) groups excluding carboxylic acids is 1. The number of aliphatic hydroxyl groups is 2. The van der Waals surface area contributed by atoms with Gasteiger partial charge < -0.3 is 34.2 Å². The van der Waals surface area contributed by atoms with Gasteiger partial charge in [-0.15, -0.1) is 6.58 Å². The predicted molar refractivity (Wildman–Crippen MR) is 307 cm³/mol. The van der Waals surface area contributed by atoms with Gasteiger partial charge in [-0.2, -0.15) is 0 Å². The van der Waals surface area contributed by atoms with E-state index in [0.717, 1.165) is 100 Å². The third-order valence-electron chi connectivity index (χ3n) is 16.3. The number of unbranched alkanes of at least 4 members (excludes halogenated alkanes) is 10. The van der Waals surface area contributed by atoms with Crippen molar-refractivity contribution in [3.05, 3.63) is 174 Å². The molecule has 1 fully saturated rings. The van der Waals surface area contributed by atoms with Gasteiger partial charge in [-0.05, 0) is 113 Å². The molecule has 0 spiro atoms. The standard InChI is InChI=1S/C67H80N2O7/c1-3-5-6-7-8-9-10-11-15-35-64(72)69(47-54-32-24-31-51-28-18-19-33-57(51)54)63-46-61(68-74-48-49-25-13-12-14-26-49)59-44-53(30-20-22-40-70)58(34-21-23-41-71)65-60-45-56(75-55-37-36-50-27-16-17-29-52(50)43-55)38-39-62(60)76-67(63,66(59)65)73-42-4-2/h4,12-14,16-19,24-29,31-33,36-39,43-45,53,58,63,65-66,70-71H,2-3,5-11,15,20-23,30,34-35,40-42,46-48H2,1H3. The van der Waals surface area contributed by atoms with Crippen molar-refractivity contribution in [2.75, 3.05) is 19.8 Å². The van der Waals surface area contributed by atoms with Crippen molar-refractivity contribution >= 4 is 33.2 Å². The van der Waals surface area contributed by atoms with Crippen LogP contribution in [0.3, 0.4) is 0 Å². The van der Waals surface area contributed by atoms with Gasteiger partial charge >= 0.3 is 0 Å². The van der Waals surface area contributed by atoms with E-state index in [1.165, 1.54) is 38.5 Å². The molecule has 1 saturated carbocycles. The summed E-state index contributed by atoms with van der Waals surface area (Å²) in [5.74, 6) is 0.313. The number of allylic oxidation sites excluding steroid dienone is 1. The molecule has 400 valence electrons. The highest BCUT2D eigenvalue weighted by atomic mass is 16.7. The van der Waals surface area contributed by atoms with E-state index >= 15 is 4.79 Å². The summed E-state index contributed by atoms with van der Waals surface area (Å²) in [6.45, 7) is 7.48. The van der Waals surface area contributed by atoms with E-state index in [4.69, 9.17) is 24.2 Å². The van der Waals surface area contributed by atoms with E-state index in [2.05, 4.69) is 97.3 Å². The number of fused-ring (bicyclic) bond motifs is 4. The molecule has 1 aliphatic heterocycles. The molecule has 0 aromatic heterocycles. The maximum absolute atomic E-state index is 15.7. The van der Waals surface area contributed by atoms with Gasteiger partial charge in [0.2, 0.25) is 11.7 Å². The Kier molecular flexibility index (Phi) is 19.5. The van der Waals surface area contributed by atoms with Crippen molar-refractivity contribution in [3.8, 4) is 17.2 Å². The molecule has 9 rings (SSSR count). The van der Waals surface area contributed by atoms with E-state index in [1.807, 2.05) is 60.7 Å². The highest BCUT2D eigenvalue weighted by Crippen LogP contribution is 2.62. The van der Waals surface area contributed by atoms with Gasteiger partial charge in [0, 0.05) is 44.1 Å². The number of oxime groups is 1. The first-order valence-corrected chi connectivity index (χ1v) is 28.6. The van der Waals surface area contributed by atoms with E-state index in [-0.39, 0.29) is 50.1 Å². The Morgan fingerprint density at radius 2 is 1.42 bits per heavy atom. The predicted octanol–water partition coefficient (Wildman–Crippen LogP) is 15.6. The smallest absolute Gasteiger partial charge is 0.239 e. The average molecular weight is 1030 g/mol. The van der Waals surface area contributed by atoms with E-state index in [9.17, 15) is 10.2 Å². The first-order valence-electron chi connectivity index (χ1n) is 28.6. The Morgan fingerprint density at radius 3 is 2.20 bits per heavy atom. The number of hydrogen-bond acceptors (Lipinski definition) is 8. The monoisotopic (exact) mass is 1020 g/mol. The summed E-state index contributed by atoms with van der Waals surface area (Å²) in [7, 11) is 0. The Hall–Kier alpha value is -6.26. The summed E-state index contributed by atoms with van der Waals surface area (Å²) in [5.41, 5.74) is 4.86. The Labute approximate surface area is 451 Å². The normalized spacial score (nSPS) is 21.1. The highest BCUT2D eigenvalue weighted by Gasteiger charge is 2.65. The van der Waals surface area contributed by atoms with Crippen molar-refractivity contribution in [1.29, 1.82) is 0 Å². The largest absolute Gasteiger partial charge is 0.459 e. The summed E-state index contributed by atoms with van der Waals surface area (Å²) in [4.78, 5) is 24.2. The summed E-state index contributed by atoms with van der Waals surface area (Å²) < 4.78 is 21.9. The summed E-state index contributed by atoms with van der Waals surface area (Å²) >= 11 is 0. The van der Waals surface area contributed by atoms with Crippen LogP contribution in [0.5, 0.6) is 17.2 Å². The minimum absolute atomic E-state index is 0.0571. The molecule has 76 heavy (non-hydrogen) atoms. The van der Waals surface area contributed by atoms with Crippen LogP contribution in [-0.4, -0.2) is 58.4 Å². The molecule has 9 heteroatoms. The molecule has 9 nitrogen and oxygen atoms in total. The number of ether oxygens (including phenoxy) is 3. The third-order valence-corrected chi connectivity index (χ3v) is 16.3. The molecule has 0 bridgehead atoms. The number of rotatable bonds is 29. The zero-order valence-electron chi connectivity index (χ0n) is 44.8. The van der Waals surface area contributed by atoms with Crippen LogP contribution < -0.4 is 9.47 Å². The molecule has 3 aliphatic rings. The highest BCUT2D eigenvalue weighted by molar-refractivity contribution is 6.03. The fourth-order valence-corrected chi connectivity index (χ4v) is 12.6. The van der Waals surface area contributed by atoms with Gasteiger partial charge in [0.05, 0.1) is 18.2 Å². The molecular formula is C67H80N2O7. The van der Waals surface area contributed by atoms with Crippen molar-refractivity contribution in [2.24, 2.45) is 22.9 Å². The zero-order chi connectivity index (χ0) is 52.5. The number of aliphatic hydroxyl groups excluding tert-OH is 2. The van der Waals surface area contributed by atoms with E-state index in [1.54, 1.807) is 6.08 Å². The Bertz CT molecular complexity index is 2890. The number of carbonyl (C=O) groups is 1. The molecule has 6 aromatic carbocycles. The minimum atomic E-state index is -1.39. The summed E-state index contributed by atoms with van der Waals surface area (Å²) in [5, 5.41) is 29.9. The van der Waals surface area contributed by atoms with Crippen LogP contribution in [0.25, 0.3) is 21.5 Å². The second-order valence-electron chi connectivity index (χ2n) is 21.4. The molecule has 0 radical (unpaired) electrons. The van der Waals surface area contributed by atoms with E-state index < -0.39 is 17.7 Å². The van der Waals surface area contributed by atoms with Crippen molar-refractivity contribution in [2.45, 2.75) is 147 Å². The molecule has 6 aromatic rings. The van der Waals surface area contributed by atoms with Crippen LogP contribution in [0.1, 0.15) is 139 Å². The number of benzene rings is 6. The molecule has 0 saturated heterocycles. The lowest BCUT2D eigenvalue weighted by Crippen LogP contribution is -2.70. The topological polar surface area (TPSA) is 110 Å². The molecule has 2 aliphatic carbocycles. The van der Waals surface area contributed by atoms with Crippen LogP contribution in [0.2, 0.25) is 0 Å². The molecule has 1 heterocycles. The van der Waals surface area contributed by atoms with Gasteiger partial charge in [-0.3, -0.25) is 4.79 Å². The number of amides is 1. The van der Waals surface area contributed by atoms with Crippen molar-refractivity contribution in [3.63, 3.8) is 0 Å². The van der Waals surface area contributed by atoms with E-state index in [0.29, 0.717) is 43.7 Å². The molecule has 1 amide bonds. The number of nitrogens with zero attached hydrogens (tertiary/aromatic N) is 2. The Morgan fingerprint density at radius 1 is 0.737 bits per heavy atom. The van der Waals surface area contributed by atoms with Crippen molar-refractivity contribution < 1.29 is 34.1 Å².